The monoisotopic (exact) mass is 157 g/mol. The summed E-state index contributed by atoms with van der Waals surface area (Å²) < 4.78 is 0. The summed E-state index contributed by atoms with van der Waals surface area (Å²) >= 11 is 0. The SMILES string of the molecule is C.C.CC(C)C#CCN(C)C. The third-order valence-corrected chi connectivity index (χ3v) is 0.786. The van der Waals surface area contributed by atoms with Crippen molar-refractivity contribution in [3.63, 3.8) is 0 Å². The van der Waals surface area contributed by atoms with Gasteiger partial charge >= 0.3 is 0 Å². The van der Waals surface area contributed by atoms with Crippen molar-refractivity contribution in [1.29, 1.82) is 0 Å². The molecule has 0 N–H and O–H groups in total. The van der Waals surface area contributed by atoms with Crippen molar-refractivity contribution in [2.24, 2.45) is 5.92 Å². The van der Waals surface area contributed by atoms with E-state index in [0.717, 1.165) is 6.54 Å². The van der Waals surface area contributed by atoms with E-state index in [2.05, 4.69) is 30.6 Å². The van der Waals surface area contributed by atoms with Gasteiger partial charge in [0.2, 0.25) is 0 Å². The minimum absolute atomic E-state index is 0. The molecule has 0 heterocycles. The minimum atomic E-state index is 0. The van der Waals surface area contributed by atoms with Gasteiger partial charge in [0.05, 0.1) is 6.54 Å². The molecule has 0 radical (unpaired) electrons. The van der Waals surface area contributed by atoms with Gasteiger partial charge in [0.25, 0.3) is 0 Å². The van der Waals surface area contributed by atoms with Crippen molar-refractivity contribution in [3.8, 4) is 11.8 Å². The van der Waals surface area contributed by atoms with Crippen molar-refractivity contribution in [2.45, 2.75) is 28.7 Å². The Balaban J connectivity index is -0.000000320. The molecule has 0 fully saturated rings. The molecule has 1 nitrogen and oxygen atoms in total. The molecular weight excluding hydrogens is 134 g/mol. The molecule has 0 amide bonds. The van der Waals surface area contributed by atoms with E-state index in [1.54, 1.807) is 0 Å². The second-order valence-corrected chi connectivity index (χ2v) is 2.71. The van der Waals surface area contributed by atoms with Crippen LogP contribution in [0.3, 0.4) is 0 Å². The predicted molar refractivity (Wildman–Crippen MR) is 54.6 cm³/mol. The lowest BCUT2D eigenvalue weighted by molar-refractivity contribution is 0.463. The van der Waals surface area contributed by atoms with Crippen molar-refractivity contribution in [3.05, 3.63) is 0 Å². The maximum Gasteiger partial charge on any atom is 0.0596 e. The Kier molecular flexibility index (Phi) is 14.6. The second-order valence-electron chi connectivity index (χ2n) is 2.71. The smallest absolute Gasteiger partial charge is 0.0596 e. The molecule has 11 heavy (non-hydrogen) atoms. The second kappa shape index (κ2) is 9.52. The number of rotatable bonds is 1. The molecule has 0 atom stereocenters. The molecule has 0 aliphatic rings. The van der Waals surface area contributed by atoms with Crippen molar-refractivity contribution >= 4 is 0 Å². The normalized spacial score (nSPS) is 7.82. The highest BCUT2D eigenvalue weighted by atomic mass is 15.0. The maximum absolute atomic E-state index is 3.09. The summed E-state index contributed by atoms with van der Waals surface area (Å²) in [4.78, 5) is 2.06. The summed E-state index contributed by atoms with van der Waals surface area (Å²) in [5.74, 6) is 6.65. The van der Waals surface area contributed by atoms with Crippen LogP contribution in [0, 0.1) is 17.8 Å². The van der Waals surface area contributed by atoms with Gasteiger partial charge < -0.3 is 0 Å². The van der Waals surface area contributed by atoms with Crippen LogP contribution in [0.25, 0.3) is 0 Å². The summed E-state index contributed by atoms with van der Waals surface area (Å²) in [6.45, 7) is 5.07. The highest BCUT2D eigenvalue weighted by Gasteiger charge is 1.82. The van der Waals surface area contributed by atoms with E-state index in [1.807, 2.05) is 14.1 Å². The van der Waals surface area contributed by atoms with Gasteiger partial charge in [-0.05, 0) is 14.1 Å². The average Bonchev–Trinajstić information content (AvgIpc) is 1.63. The van der Waals surface area contributed by atoms with E-state index in [4.69, 9.17) is 0 Å². The minimum Gasteiger partial charge on any atom is -0.299 e. The Bertz CT molecular complexity index is 115. The zero-order valence-electron chi connectivity index (χ0n) is 6.73. The first-order valence-corrected chi connectivity index (χ1v) is 3.26. The summed E-state index contributed by atoms with van der Waals surface area (Å²) in [5.41, 5.74) is 0. The van der Waals surface area contributed by atoms with E-state index >= 15 is 0 Å². The molecule has 0 aliphatic heterocycles. The van der Waals surface area contributed by atoms with Crippen LogP contribution in [-0.4, -0.2) is 25.5 Å². The predicted octanol–water partition coefficient (Wildman–Crippen LogP) is 2.48. The number of nitrogens with zero attached hydrogens (tertiary/aromatic N) is 1. The third kappa shape index (κ3) is 17.7. The summed E-state index contributed by atoms with van der Waals surface area (Å²) in [6, 6.07) is 0. The molecule has 0 rings (SSSR count). The summed E-state index contributed by atoms with van der Waals surface area (Å²) in [5, 5.41) is 0. The average molecular weight is 157 g/mol. The lowest BCUT2D eigenvalue weighted by Gasteiger charge is -2.00. The van der Waals surface area contributed by atoms with Crippen molar-refractivity contribution in [1.82, 2.24) is 4.90 Å². The molecule has 0 spiro atoms. The zero-order chi connectivity index (χ0) is 7.28. The highest BCUT2D eigenvalue weighted by Crippen LogP contribution is 1.85. The van der Waals surface area contributed by atoms with E-state index in [1.165, 1.54) is 0 Å². The zero-order valence-corrected chi connectivity index (χ0v) is 6.73. The molecule has 1 heteroatoms. The summed E-state index contributed by atoms with van der Waals surface area (Å²) in [7, 11) is 4.05. The van der Waals surface area contributed by atoms with Gasteiger partial charge in [-0.25, -0.2) is 0 Å². The van der Waals surface area contributed by atoms with Gasteiger partial charge in [-0.3, -0.25) is 4.90 Å². The first-order chi connectivity index (χ1) is 4.13. The van der Waals surface area contributed by atoms with Gasteiger partial charge in [-0.2, -0.15) is 0 Å². The lowest BCUT2D eigenvalue weighted by Crippen LogP contribution is -2.10. The fourth-order valence-electron chi connectivity index (χ4n) is 0.408. The van der Waals surface area contributed by atoms with Crippen LogP contribution < -0.4 is 0 Å². The topological polar surface area (TPSA) is 3.24 Å². The quantitative estimate of drug-likeness (QED) is 0.529. The Morgan fingerprint density at radius 2 is 1.64 bits per heavy atom. The number of hydrogen-bond donors (Lipinski definition) is 0. The summed E-state index contributed by atoms with van der Waals surface area (Å²) in [6.07, 6.45) is 0. The molecule has 0 saturated carbocycles. The van der Waals surface area contributed by atoms with Gasteiger partial charge in [0, 0.05) is 5.92 Å². The largest absolute Gasteiger partial charge is 0.299 e. The molecule has 0 unspecified atom stereocenters. The molecule has 0 aromatic carbocycles. The van der Waals surface area contributed by atoms with Crippen molar-refractivity contribution < 1.29 is 0 Å². The first-order valence-electron chi connectivity index (χ1n) is 3.26. The van der Waals surface area contributed by atoms with Gasteiger partial charge in [0.15, 0.2) is 0 Å². The van der Waals surface area contributed by atoms with E-state index in [0.29, 0.717) is 5.92 Å². The molecule has 0 aliphatic carbocycles. The third-order valence-electron chi connectivity index (χ3n) is 0.786. The standard InChI is InChI=1S/C8H15N.2CH4/c1-8(2)6-5-7-9(3)4;;/h8H,7H2,1-4H3;2*1H4. The van der Waals surface area contributed by atoms with E-state index in [9.17, 15) is 0 Å². The van der Waals surface area contributed by atoms with Gasteiger partial charge in [-0.15, -0.1) is 0 Å². The highest BCUT2D eigenvalue weighted by molar-refractivity contribution is 5.02. The van der Waals surface area contributed by atoms with Crippen LogP contribution >= 0.6 is 0 Å². The van der Waals surface area contributed by atoms with E-state index in [-0.39, 0.29) is 14.9 Å². The van der Waals surface area contributed by atoms with Gasteiger partial charge in [0.1, 0.15) is 0 Å². The van der Waals surface area contributed by atoms with Crippen LogP contribution in [0.4, 0.5) is 0 Å². The van der Waals surface area contributed by atoms with Crippen LogP contribution in [-0.2, 0) is 0 Å². The molecule has 0 aromatic heterocycles. The van der Waals surface area contributed by atoms with Crippen LogP contribution in [0.2, 0.25) is 0 Å². The van der Waals surface area contributed by atoms with Crippen molar-refractivity contribution in [2.75, 3.05) is 20.6 Å². The lowest BCUT2D eigenvalue weighted by atomic mass is 10.2. The Morgan fingerprint density at radius 1 is 1.18 bits per heavy atom. The molecule has 0 aromatic rings. The Morgan fingerprint density at radius 3 is 1.91 bits per heavy atom. The van der Waals surface area contributed by atoms with Crippen LogP contribution in [0.1, 0.15) is 28.7 Å². The molecule has 0 bridgehead atoms. The fourth-order valence-corrected chi connectivity index (χ4v) is 0.408. The van der Waals surface area contributed by atoms with E-state index < -0.39 is 0 Å². The fraction of sp³-hybridized carbons (Fsp3) is 0.800. The molecule has 68 valence electrons. The molecule has 0 saturated heterocycles. The Hall–Kier alpha value is -0.480. The maximum atomic E-state index is 3.09. The van der Waals surface area contributed by atoms with Crippen LogP contribution in [0.5, 0.6) is 0 Å². The Labute approximate surface area is 72.8 Å². The molecular formula is C10H23N. The van der Waals surface area contributed by atoms with Gasteiger partial charge in [-0.1, -0.05) is 40.5 Å². The van der Waals surface area contributed by atoms with Crippen LogP contribution in [0.15, 0.2) is 0 Å². The number of hydrogen-bond acceptors (Lipinski definition) is 1. The first kappa shape index (κ1) is 16.9.